The van der Waals surface area contributed by atoms with Gasteiger partial charge in [0.05, 0.1) is 45.2 Å². The molecule has 4 aliphatic rings. The first-order valence-electron chi connectivity index (χ1n) is 28.8. The van der Waals surface area contributed by atoms with Gasteiger partial charge in [0.25, 0.3) is 53.2 Å². The van der Waals surface area contributed by atoms with Crippen LogP contribution in [0.1, 0.15) is 134 Å². The van der Waals surface area contributed by atoms with Gasteiger partial charge in [0, 0.05) is 125 Å². The number of nitrogens with zero attached hydrogens (tertiary/aromatic N) is 4. The molecule has 0 radical (unpaired) electrons. The molecule has 0 aliphatic carbocycles. The van der Waals surface area contributed by atoms with Gasteiger partial charge >= 0.3 is 0 Å². The molecule has 0 fully saturated rings. The molecule has 15 amide bonds. The van der Waals surface area contributed by atoms with Crippen LogP contribution in [0, 0.1) is 0 Å². The molecule has 0 bridgehead atoms. The zero-order valence-corrected chi connectivity index (χ0v) is 48.3. The SMILES string of the molecule is [NH3+]CCCC[C@H](NC(=O)CNC(=O)CNC(=O)CNC(=O)CCN1C(=O)c2ccc3c4c(ccc(c24)C1=O)C(=O)N(CCNC(=O)[C@@H]([NH3+])CCCC[NH3+])C3=O)C(=O)NCCN1C(=O)c2ccc3c4c(ccc(c24)C1=O)C(=O)N(CCC(=O)NCC(=O)[O-])C3=O. The van der Waals surface area contributed by atoms with E-state index in [1.54, 1.807) is 0 Å². The number of imide groups is 4. The highest BCUT2D eigenvalue weighted by molar-refractivity contribution is 6.35. The van der Waals surface area contributed by atoms with Crippen molar-refractivity contribution in [3.05, 3.63) is 93.0 Å². The van der Waals surface area contributed by atoms with E-state index in [2.05, 4.69) is 54.4 Å². The molecule has 89 heavy (non-hydrogen) atoms. The molecule has 31 heteroatoms. The second-order valence-corrected chi connectivity index (χ2v) is 21.3. The van der Waals surface area contributed by atoms with Crippen molar-refractivity contribution in [2.24, 2.45) is 0 Å². The molecule has 4 aromatic rings. The van der Waals surface area contributed by atoms with Crippen molar-refractivity contribution < 1.29 is 99.0 Å². The van der Waals surface area contributed by atoms with Crippen LogP contribution in [0.3, 0.4) is 0 Å². The summed E-state index contributed by atoms with van der Waals surface area (Å²) in [6, 6.07) is 9.08. The van der Waals surface area contributed by atoms with E-state index < -0.39 is 153 Å². The maximum Gasteiger partial charge on any atom is 0.278 e. The van der Waals surface area contributed by atoms with Crippen LogP contribution in [0.2, 0.25) is 0 Å². The van der Waals surface area contributed by atoms with Gasteiger partial charge in [0.2, 0.25) is 35.4 Å². The maximum atomic E-state index is 13.8. The summed E-state index contributed by atoms with van der Waals surface area (Å²) in [5.41, 5.74) is 11.6. The number of aliphatic carboxylic acids is 1. The monoisotopic (exact) mass is 1230 g/mol. The number of hydrogen-bond donors (Lipinski definition) is 10. The highest BCUT2D eigenvalue weighted by Gasteiger charge is 2.42. The third-order valence-corrected chi connectivity index (χ3v) is 15.4. The van der Waals surface area contributed by atoms with Crippen LogP contribution in [0.5, 0.6) is 0 Å². The Bertz CT molecular complexity index is 3560. The van der Waals surface area contributed by atoms with Crippen LogP contribution in [0.15, 0.2) is 48.5 Å². The average Bonchev–Trinajstić information content (AvgIpc) is 0.743. The van der Waals surface area contributed by atoms with Crippen molar-refractivity contribution in [1.29, 1.82) is 0 Å². The van der Waals surface area contributed by atoms with E-state index in [9.17, 15) is 81.8 Å². The van der Waals surface area contributed by atoms with E-state index in [0.717, 1.165) is 39.0 Å². The number of quaternary nitrogens is 3. The van der Waals surface area contributed by atoms with Crippen LogP contribution in [-0.4, -0.2) is 205 Å². The second kappa shape index (κ2) is 28.4. The lowest BCUT2D eigenvalue weighted by Crippen LogP contribution is -2.67. The average molecular weight is 1230 g/mol. The van der Waals surface area contributed by atoms with Gasteiger partial charge in [-0.05, 0) is 80.6 Å². The summed E-state index contributed by atoms with van der Waals surface area (Å²) >= 11 is 0. The molecule has 0 unspecified atom stereocenters. The lowest BCUT2D eigenvalue weighted by molar-refractivity contribution is -0.406. The molecule has 0 aromatic heterocycles. The molecule has 4 heterocycles. The molecule has 4 aliphatic heterocycles. The number of carboxylic acid groups (broad SMARTS) is 1. The van der Waals surface area contributed by atoms with Gasteiger partial charge in [0.1, 0.15) is 6.04 Å². The summed E-state index contributed by atoms with van der Waals surface area (Å²) in [6.45, 7) is -2.97. The Morgan fingerprint density at radius 1 is 0.382 bits per heavy atom. The number of carbonyl (C=O) groups excluding carboxylic acids is 16. The van der Waals surface area contributed by atoms with Crippen LogP contribution in [0.25, 0.3) is 21.5 Å². The first kappa shape index (κ1) is 64.6. The zero-order valence-electron chi connectivity index (χ0n) is 48.3. The summed E-state index contributed by atoms with van der Waals surface area (Å²) in [6.07, 6.45) is 2.51. The van der Waals surface area contributed by atoms with E-state index in [1.165, 1.54) is 48.5 Å². The lowest BCUT2D eigenvalue weighted by atomic mass is 9.86. The molecule has 16 N–H and O–H groups in total. The molecule has 31 nitrogen and oxygen atoms in total. The van der Waals surface area contributed by atoms with E-state index in [-0.39, 0.29) is 105 Å². The largest absolute Gasteiger partial charge is 0.548 e. The molecule has 4 aromatic carbocycles. The number of amides is 15. The van der Waals surface area contributed by atoms with Crippen molar-refractivity contribution in [1.82, 2.24) is 56.8 Å². The van der Waals surface area contributed by atoms with E-state index in [0.29, 0.717) is 25.8 Å². The summed E-state index contributed by atoms with van der Waals surface area (Å²) in [7, 11) is 0. The number of carbonyl (C=O) groups is 16. The fraction of sp³-hybridized carbons (Fsp3) is 0.379. The molecular formula is C58H66N14O17+2. The minimum absolute atomic E-state index is 0.00202. The number of rotatable bonds is 31. The van der Waals surface area contributed by atoms with E-state index in [1.807, 2.05) is 0 Å². The van der Waals surface area contributed by atoms with Gasteiger partial charge in [-0.15, -0.1) is 0 Å². The molecule has 2 atom stereocenters. The Hall–Kier alpha value is -10.4. The normalized spacial score (nSPS) is 14.6. The van der Waals surface area contributed by atoms with Gasteiger partial charge < -0.3 is 64.3 Å². The second-order valence-electron chi connectivity index (χ2n) is 21.3. The van der Waals surface area contributed by atoms with Crippen LogP contribution < -0.4 is 59.5 Å². The van der Waals surface area contributed by atoms with E-state index in [4.69, 9.17) is 0 Å². The summed E-state index contributed by atoms with van der Waals surface area (Å²) in [5.74, 6) is -12.5. The molecule has 8 rings (SSSR count). The highest BCUT2D eigenvalue weighted by atomic mass is 16.4. The zero-order chi connectivity index (χ0) is 64.4. The minimum Gasteiger partial charge on any atom is -0.548 e. The van der Waals surface area contributed by atoms with Crippen LogP contribution >= 0.6 is 0 Å². The van der Waals surface area contributed by atoms with Crippen LogP contribution in [0.4, 0.5) is 0 Å². The third-order valence-electron chi connectivity index (χ3n) is 15.4. The third kappa shape index (κ3) is 14.1. The van der Waals surface area contributed by atoms with Crippen molar-refractivity contribution >= 4 is 116 Å². The Morgan fingerprint density at radius 3 is 1.03 bits per heavy atom. The summed E-state index contributed by atoms with van der Waals surface area (Å²) < 4.78 is 0. The molecule has 0 spiro atoms. The maximum absolute atomic E-state index is 13.8. The Kier molecular flexibility index (Phi) is 20.6. The van der Waals surface area contributed by atoms with Crippen molar-refractivity contribution in [3.63, 3.8) is 0 Å². The molecular weight excluding hydrogens is 1160 g/mol. The van der Waals surface area contributed by atoms with Gasteiger partial charge in [-0.1, -0.05) is 0 Å². The van der Waals surface area contributed by atoms with Crippen molar-refractivity contribution in [2.75, 3.05) is 78.5 Å². The predicted molar refractivity (Wildman–Crippen MR) is 303 cm³/mol. The molecule has 0 saturated carbocycles. The number of hydrogen-bond acceptors (Lipinski definition) is 17. The molecule has 468 valence electrons. The smallest absolute Gasteiger partial charge is 0.278 e. The topological polar surface area (TPSA) is 476 Å². The molecule has 0 saturated heterocycles. The van der Waals surface area contributed by atoms with Crippen molar-refractivity contribution in [3.8, 4) is 0 Å². The summed E-state index contributed by atoms with van der Waals surface area (Å²) in [5, 5.41) is 28.0. The van der Waals surface area contributed by atoms with Crippen molar-refractivity contribution in [2.45, 2.75) is 63.5 Å². The Balaban J connectivity index is 0.759. The fourth-order valence-electron chi connectivity index (χ4n) is 10.8. The van der Waals surface area contributed by atoms with Gasteiger partial charge in [-0.3, -0.25) is 91.5 Å². The van der Waals surface area contributed by atoms with Crippen LogP contribution in [-0.2, 0) is 38.4 Å². The number of benzene rings is 4. The Morgan fingerprint density at radius 2 is 0.685 bits per heavy atom. The standard InChI is InChI=1S/C58H64N14O17/c59-17-3-1-5-37(61)49(80)62-19-23-71-55(86)33-11-7-29-45-30(8-12-34(47(33)45)56(71)87)52(83)69(51(29)82)21-15-39(73)64-25-41(75)65-26-42(76)66-27-43(77)68-38(6-2-4-18-60)50(81)63-20-24-72-57(88)35-13-9-31-46-32(10-14-36(48(35)46)58(72)89)54(85)70(53(31)84)22-16-40(74)67-28-44(78)79/h7-14,37-38H,1-6,15-28,59-61H2,(H,62,80)(H,63,81)(H,64,73)(H,65,75)(H,66,76)(H,67,74)(H,68,77)(H,78,79)/p+2/t37-,38-/m0/s1. The van der Waals surface area contributed by atoms with Gasteiger partial charge in [0.15, 0.2) is 6.04 Å². The fourth-order valence-corrected chi connectivity index (χ4v) is 10.8. The number of nitrogens with one attached hydrogen (secondary N) is 7. The summed E-state index contributed by atoms with van der Waals surface area (Å²) in [4.78, 5) is 213. The highest BCUT2D eigenvalue weighted by Crippen LogP contribution is 2.39. The van der Waals surface area contributed by atoms with E-state index >= 15 is 0 Å². The first-order chi connectivity index (χ1) is 42.6. The van der Waals surface area contributed by atoms with Gasteiger partial charge in [-0.25, -0.2) is 0 Å². The first-order valence-corrected chi connectivity index (χ1v) is 28.8. The van der Waals surface area contributed by atoms with Gasteiger partial charge in [-0.2, -0.15) is 0 Å². The number of unbranched alkanes of at least 4 members (excludes halogenated alkanes) is 2. The minimum atomic E-state index is -1.53. The quantitative estimate of drug-likeness (QED) is 0.0165. The lowest BCUT2D eigenvalue weighted by Gasteiger charge is -2.32. The Labute approximate surface area is 505 Å². The predicted octanol–water partition coefficient (Wildman–Crippen LogP) is -6.78. The number of carboxylic acids is 1.